The van der Waals surface area contributed by atoms with E-state index in [2.05, 4.69) is 0 Å². The van der Waals surface area contributed by atoms with E-state index in [9.17, 15) is 13.2 Å². The van der Waals surface area contributed by atoms with E-state index >= 15 is 0 Å². The lowest BCUT2D eigenvalue weighted by Crippen LogP contribution is -2.37. The van der Waals surface area contributed by atoms with Crippen LogP contribution >= 0.6 is 0 Å². The van der Waals surface area contributed by atoms with Crippen LogP contribution in [-0.4, -0.2) is 43.8 Å². The summed E-state index contributed by atoms with van der Waals surface area (Å²) < 4.78 is 27.8. The van der Waals surface area contributed by atoms with Crippen LogP contribution in [-0.2, 0) is 9.84 Å². The zero-order chi connectivity index (χ0) is 12.6. The van der Waals surface area contributed by atoms with Crippen molar-refractivity contribution in [2.24, 2.45) is 0 Å². The first-order valence-electron chi connectivity index (χ1n) is 5.42. The molecule has 1 amide bonds. The number of hydrogen-bond donors (Lipinski definition) is 0. The second-order valence-electron chi connectivity index (χ2n) is 4.41. The maximum atomic E-state index is 12.1. The summed E-state index contributed by atoms with van der Waals surface area (Å²) in [5.41, 5.74) is 0.766. The minimum Gasteiger partial charge on any atom is -0.459 e. The molecule has 1 aliphatic rings. The maximum absolute atomic E-state index is 12.1. The van der Waals surface area contributed by atoms with Crippen molar-refractivity contribution in [3.05, 3.63) is 23.7 Å². The van der Waals surface area contributed by atoms with Crippen LogP contribution in [0.4, 0.5) is 0 Å². The molecule has 2 rings (SSSR count). The standard InChI is InChI=1S/C11H15NO4S/c1-8-3-5-16-10(8)11(13)12(2)9-4-6-17(14,15)7-9/h3,5,9H,4,6-7H2,1-2H3/t9-/m1/s1. The molecule has 0 spiro atoms. The third-order valence-corrected chi connectivity index (χ3v) is 4.88. The van der Waals surface area contributed by atoms with Crippen molar-refractivity contribution in [1.29, 1.82) is 0 Å². The van der Waals surface area contributed by atoms with Crippen LogP contribution in [0, 0.1) is 6.92 Å². The number of furan rings is 1. The topological polar surface area (TPSA) is 67.6 Å². The van der Waals surface area contributed by atoms with Crippen LogP contribution in [0.15, 0.2) is 16.7 Å². The fourth-order valence-electron chi connectivity index (χ4n) is 2.00. The molecular formula is C11H15NO4S. The highest BCUT2D eigenvalue weighted by molar-refractivity contribution is 7.91. The summed E-state index contributed by atoms with van der Waals surface area (Å²) in [5, 5.41) is 0. The molecule has 1 aliphatic heterocycles. The van der Waals surface area contributed by atoms with E-state index in [-0.39, 0.29) is 29.2 Å². The summed E-state index contributed by atoms with van der Waals surface area (Å²) in [6, 6.07) is 1.48. The smallest absolute Gasteiger partial charge is 0.289 e. The summed E-state index contributed by atoms with van der Waals surface area (Å²) in [6.45, 7) is 1.79. The normalized spacial score (nSPS) is 22.6. The Balaban J connectivity index is 2.14. The number of rotatable bonds is 2. The summed E-state index contributed by atoms with van der Waals surface area (Å²) in [4.78, 5) is 13.5. The molecule has 1 aromatic rings. The van der Waals surface area contributed by atoms with Crippen LogP contribution in [0.1, 0.15) is 22.5 Å². The number of sulfone groups is 1. The molecule has 1 fully saturated rings. The summed E-state index contributed by atoms with van der Waals surface area (Å²) in [7, 11) is -1.36. The van der Waals surface area contributed by atoms with Crippen molar-refractivity contribution in [2.45, 2.75) is 19.4 Å². The molecule has 17 heavy (non-hydrogen) atoms. The summed E-state index contributed by atoms with van der Waals surface area (Å²) in [5.74, 6) is 0.243. The van der Waals surface area contributed by atoms with E-state index < -0.39 is 9.84 Å². The molecule has 5 nitrogen and oxygen atoms in total. The van der Waals surface area contributed by atoms with Crippen molar-refractivity contribution in [3.8, 4) is 0 Å². The van der Waals surface area contributed by atoms with Gasteiger partial charge in [-0.25, -0.2) is 8.42 Å². The van der Waals surface area contributed by atoms with Gasteiger partial charge in [0.1, 0.15) is 0 Å². The highest BCUT2D eigenvalue weighted by atomic mass is 32.2. The molecule has 0 radical (unpaired) electrons. The monoisotopic (exact) mass is 257 g/mol. The average molecular weight is 257 g/mol. The molecule has 0 unspecified atom stereocenters. The molecule has 0 bridgehead atoms. The van der Waals surface area contributed by atoms with Gasteiger partial charge >= 0.3 is 0 Å². The second kappa shape index (κ2) is 4.18. The average Bonchev–Trinajstić information content (AvgIpc) is 2.82. The maximum Gasteiger partial charge on any atom is 0.289 e. The Labute approximate surface area is 100 Å². The SMILES string of the molecule is Cc1ccoc1C(=O)N(C)[C@@H]1CCS(=O)(=O)C1. The van der Waals surface area contributed by atoms with Gasteiger partial charge in [-0.05, 0) is 19.4 Å². The highest BCUT2D eigenvalue weighted by Gasteiger charge is 2.34. The van der Waals surface area contributed by atoms with Crippen LogP contribution in [0.25, 0.3) is 0 Å². The largest absolute Gasteiger partial charge is 0.459 e. The number of carbonyl (C=O) groups is 1. The summed E-state index contributed by atoms with van der Waals surface area (Å²) >= 11 is 0. The quantitative estimate of drug-likeness (QED) is 0.787. The second-order valence-corrected chi connectivity index (χ2v) is 6.63. The van der Waals surface area contributed by atoms with Gasteiger partial charge in [-0.3, -0.25) is 4.79 Å². The third-order valence-electron chi connectivity index (χ3n) is 3.13. The van der Waals surface area contributed by atoms with Crippen LogP contribution in [0.5, 0.6) is 0 Å². The first-order chi connectivity index (χ1) is 7.91. The Morgan fingerprint density at radius 2 is 2.24 bits per heavy atom. The van der Waals surface area contributed by atoms with E-state index in [0.717, 1.165) is 5.56 Å². The van der Waals surface area contributed by atoms with Crippen molar-refractivity contribution in [1.82, 2.24) is 4.90 Å². The predicted molar refractivity (Wildman–Crippen MR) is 62.6 cm³/mol. The van der Waals surface area contributed by atoms with Gasteiger partial charge in [0.25, 0.3) is 5.91 Å². The predicted octanol–water partition coefficient (Wildman–Crippen LogP) is 0.847. The Bertz CT molecular complexity index is 531. The lowest BCUT2D eigenvalue weighted by atomic mass is 10.2. The highest BCUT2D eigenvalue weighted by Crippen LogP contribution is 2.20. The fourth-order valence-corrected chi connectivity index (χ4v) is 3.77. The Morgan fingerprint density at radius 1 is 1.53 bits per heavy atom. The van der Waals surface area contributed by atoms with Crippen molar-refractivity contribution < 1.29 is 17.6 Å². The van der Waals surface area contributed by atoms with Crippen LogP contribution in [0.3, 0.4) is 0 Å². The minimum atomic E-state index is -2.98. The lowest BCUT2D eigenvalue weighted by Gasteiger charge is -2.22. The Kier molecular flexibility index (Phi) is 2.99. The number of aryl methyl sites for hydroxylation is 1. The summed E-state index contributed by atoms with van der Waals surface area (Å²) in [6.07, 6.45) is 1.96. The zero-order valence-electron chi connectivity index (χ0n) is 9.84. The first kappa shape index (κ1) is 12.2. The van der Waals surface area contributed by atoms with E-state index in [4.69, 9.17) is 4.42 Å². The fraction of sp³-hybridized carbons (Fsp3) is 0.545. The first-order valence-corrected chi connectivity index (χ1v) is 7.24. The minimum absolute atomic E-state index is 0.0506. The van der Waals surface area contributed by atoms with Gasteiger partial charge in [-0.1, -0.05) is 0 Å². The Morgan fingerprint density at radius 3 is 2.71 bits per heavy atom. The molecule has 6 heteroatoms. The molecule has 0 saturated carbocycles. The van der Waals surface area contributed by atoms with Gasteiger partial charge in [0, 0.05) is 18.7 Å². The number of nitrogens with zero attached hydrogens (tertiary/aromatic N) is 1. The van der Waals surface area contributed by atoms with Gasteiger partial charge in [-0.15, -0.1) is 0 Å². The van der Waals surface area contributed by atoms with Gasteiger partial charge in [0.05, 0.1) is 17.8 Å². The third kappa shape index (κ3) is 2.36. The van der Waals surface area contributed by atoms with E-state index in [1.807, 2.05) is 0 Å². The van der Waals surface area contributed by atoms with Crippen LogP contribution < -0.4 is 0 Å². The molecule has 94 valence electrons. The molecule has 1 saturated heterocycles. The van der Waals surface area contributed by atoms with Gasteiger partial charge in [0.2, 0.25) is 0 Å². The van der Waals surface area contributed by atoms with Gasteiger partial charge in [-0.2, -0.15) is 0 Å². The van der Waals surface area contributed by atoms with E-state index in [1.165, 1.54) is 11.2 Å². The van der Waals surface area contributed by atoms with Crippen molar-refractivity contribution >= 4 is 15.7 Å². The van der Waals surface area contributed by atoms with Crippen molar-refractivity contribution in [2.75, 3.05) is 18.6 Å². The number of hydrogen-bond acceptors (Lipinski definition) is 4. The molecular weight excluding hydrogens is 242 g/mol. The number of carbonyl (C=O) groups excluding carboxylic acids is 1. The molecule has 1 atom stereocenters. The molecule has 0 N–H and O–H groups in total. The van der Waals surface area contributed by atoms with E-state index in [1.54, 1.807) is 20.0 Å². The van der Waals surface area contributed by atoms with Crippen molar-refractivity contribution in [3.63, 3.8) is 0 Å². The Hall–Kier alpha value is -1.30. The molecule has 0 aliphatic carbocycles. The van der Waals surface area contributed by atoms with Gasteiger partial charge < -0.3 is 9.32 Å². The number of amides is 1. The zero-order valence-corrected chi connectivity index (χ0v) is 10.7. The molecule has 0 aromatic carbocycles. The van der Waals surface area contributed by atoms with E-state index in [0.29, 0.717) is 6.42 Å². The van der Waals surface area contributed by atoms with Crippen LogP contribution in [0.2, 0.25) is 0 Å². The molecule has 1 aromatic heterocycles. The lowest BCUT2D eigenvalue weighted by molar-refractivity contribution is 0.0714. The molecule has 2 heterocycles. The van der Waals surface area contributed by atoms with Gasteiger partial charge in [0.15, 0.2) is 15.6 Å².